The molecule has 1 aliphatic heterocycles. The van der Waals surface area contributed by atoms with Gasteiger partial charge in [-0.2, -0.15) is 4.31 Å². The highest BCUT2D eigenvalue weighted by molar-refractivity contribution is 7.89. The highest BCUT2D eigenvalue weighted by atomic mass is 32.2. The molecule has 1 aliphatic rings. The SMILES string of the molecule is COc1ccc(OC(=O)c2cc(S(=O)(=O)N3CCCC3)cs2)cc1. The van der Waals surface area contributed by atoms with Crippen molar-refractivity contribution in [3.05, 3.63) is 40.6 Å². The number of carbonyl (C=O) groups is 1. The largest absolute Gasteiger partial charge is 0.497 e. The molecule has 1 aromatic heterocycles. The first-order valence-electron chi connectivity index (χ1n) is 7.45. The number of thiophene rings is 1. The molecule has 128 valence electrons. The van der Waals surface area contributed by atoms with Crippen LogP contribution in [0.2, 0.25) is 0 Å². The molecule has 0 aliphatic carbocycles. The van der Waals surface area contributed by atoms with Crippen LogP contribution < -0.4 is 9.47 Å². The van der Waals surface area contributed by atoms with Crippen LogP contribution in [0.5, 0.6) is 11.5 Å². The van der Waals surface area contributed by atoms with Crippen molar-refractivity contribution in [2.24, 2.45) is 0 Å². The quantitative estimate of drug-likeness (QED) is 0.600. The molecule has 0 N–H and O–H groups in total. The van der Waals surface area contributed by atoms with Crippen molar-refractivity contribution in [2.75, 3.05) is 20.2 Å². The summed E-state index contributed by atoms with van der Waals surface area (Å²) < 4.78 is 36.7. The Hall–Kier alpha value is -1.90. The summed E-state index contributed by atoms with van der Waals surface area (Å²) in [7, 11) is -1.96. The van der Waals surface area contributed by atoms with Crippen LogP contribution in [0.3, 0.4) is 0 Å². The van der Waals surface area contributed by atoms with Gasteiger partial charge in [0.2, 0.25) is 10.0 Å². The topological polar surface area (TPSA) is 72.9 Å². The second kappa shape index (κ2) is 6.92. The van der Waals surface area contributed by atoms with E-state index < -0.39 is 16.0 Å². The number of rotatable bonds is 5. The monoisotopic (exact) mass is 367 g/mol. The van der Waals surface area contributed by atoms with Gasteiger partial charge in [-0.1, -0.05) is 0 Å². The number of esters is 1. The fourth-order valence-electron chi connectivity index (χ4n) is 2.44. The molecule has 24 heavy (non-hydrogen) atoms. The zero-order valence-electron chi connectivity index (χ0n) is 13.1. The second-order valence-corrected chi connectivity index (χ2v) is 8.17. The van der Waals surface area contributed by atoms with E-state index >= 15 is 0 Å². The third kappa shape index (κ3) is 3.45. The Kier molecular flexibility index (Phi) is 4.88. The predicted octanol–water partition coefficient (Wildman–Crippen LogP) is 2.76. The molecule has 2 heterocycles. The lowest BCUT2D eigenvalue weighted by molar-refractivity contribution is 0.0739. The van der Waals surface area contributed by atoms with Crippen molar-refractivity contribution in [1.82, 2.24) is 4.31 Å². The van der Waals surface area contributed by atoms with Crippen molar-refractivity contribution in [3.8, 4) is 11.5 Å². The molecule has 1 saturated heterocycles. The van der Waals surface area contributed by atoms with Gasteiger partial charge in [-0.3, -0.25) is 0 Å². The third-order valence-electron chi connectivity index (χ3n) is 3.75. The Morgan fingerprint density at radius 3 is 2.38 bits per heavy atom. The normalized spacial score (nSPS) is 15.4. The van der Waals surface area contributed by atoms with Crippen LogP contribution in [-0.2, 0) is 10.0 Å². The number of carbonyl (C=O) groups excluding carboxylic acids is 1. The summed E-state index contributed by atoms with van der Waals surface area (Å²) in [5.74, 6) is 0.455. The minimum atomic E-state index is -3.51. The maximum Gasteiger partial charge on any atom is 0.353 e. The van der Waals surface area contributed by atoms with Crippen LogP contribution in [0.1, 0.15) is 22.5 Å². The van der Waals surface area contributed by atoms with Crippen molar-refractivity contribution in [3.63, 3.8) is 0 Å². The van der Waals surface area contributed by atoms with Gasteiger partial charge in [0.1, 0.15) is 16.4 Å². The first-order valence-corrected chi connectivity index (χ1v) is 9.77. The van der Waals surface area contributed by atoms with Crippen molar-refractivity contribution >= 4 is 27.3 Å². The summed E-state index contributed by atoms with van der Waals surface area (Å²) in [6, 6.07) is 7.98. The molecule has 1 fully saturated rings. The first-order chi connectivity index (χ1) is 11.5. The molecular formula is C16H17NO5S2. The Bertz CT molecular complexity index is 820. The average molecular weight is 367 g/mol. The van der Waals surface area contributed by atoms with Crippen LogP contribution in [0, 0.1) is 0 Å². The standard InChI is InChI=1S/C16H17NO5S2/c1-21-12-4-6-13(7-5-12)22-16(18)15-10-14(11-23-15)24(19,20)17-8-2-3-9-17/h4-7,10-11H,2-3,8-9H2,1H3. The van der Waals surface area contributed by atoms with Gasteiger partial charge in [0, 0.05) is 18.5 Å². The zero-order chi connectivity index (χ0) is 17.2. The number of nitrogens with zero attached hydrogens (tertiary/aromatic N) is 1. The molecule has 1 aromatic carbocycles. The van der Waals surface area contributed by atoms with Gasteiger partial charge in [-0.05, 0) is 43.2 Å². The number of hydrogen-bond donors (Lipinski definition) is 0. The van der Waals surface area contributed by atoms with Crippen LogP contribution >= 0.6 is 11.3 Å². The van der Waals surface area contributed by atoms with Crippen molar-refractivity contribution in [2.45, 2.75) is 17.7 Å². The molecule has 0 amide bonds. The van der Waals surface area contributed by atoms with E-state index in [-0.39, 0.29) is 9.77 Å². The lowest BCUT2D eigenvalue weighted by Gasteiger charge is -2.13. The minimum absolute atomic E-state index is 0.149. The van der Waals surface area contributed by atoms with Gasteiger partial charge in [0.15, 0.2) is 0 Å². The molecule has 3 rings (SSSR count). The maximum atomic E-state index is 12.5. The summed E-state index contributed by atoms with van der Waals surface area (Å²) in [5, 5.41) is 1.48. The second-order valence-electron chi connectivity index (χ2n) is 5.32. The highest BCUT2D eigenvalue weighted by Crippen LogP contribution is 2.26. The third-order valence-corrected chi connectivity index (χ3v) is 6.69. The van der Waals surface area contributed by atoms with Gasteiger partial charge >= 0.3 is 5.97 Å². The molecule has 8 heteroatoms. The summed E-state index contributed by atoms with van der Waals surface area (Å²) >= 11 is 1.07. The number of benzene rings is 1. The molecule has 0 saturated carbocycles. The molecule has 0 bridgehead atoms. The van der Waals surface area contributed by atoms with Gasteiger partial charge in [-0.15, -0.1) is 11.3 Å². The van der Waals surface area contributed by atoms with Gasteiger partial charge in [0.25, 0.3) is 0 Å². The highest BCUT2D eigenvalue weighted by Gasteiger charge is 2.29. The summed E-state index contributed by atoms with van der Waals surface area (Å²) in [4.78, 5) is 12.6. The average Bonchev–Trinajstić information content (AvgIpc) is 3.27. The number of methoxy groups -OCH3 is 1. The first kappa shape index (κ1) is 16.9. The van der Waals surface area contributed by atoms with E-state index in [1.54, 1.807) is 31.4 Å². The van der Waals surface area contributed by atoms with E-state index in [2.05, 4.69) is 0 Å². The van der Waals surface area contributed by atoms with E-state index in [1.165, 1.54) is 15.8 Å². The van der Waals surface area contributed by atoms with Crippen LogP contribution in [-0.4, -0.2) is 38.9 Å². The molecule has 0 radical (unpaired) electrons. The molecule has 0 spiro atoms. The maximum absolute atomic E-state index is 12.5. The van der Waals surface area contributed by atoms with Gasteiger partial charge < -0.3 is 9.47 Å². The van der Waals surface area contributed by atoms with Crippen LogP contribution in [0.25, 0.3) is 0 Å². The van der Waals surface area contributed by atoms with Crippen LogP contribution in [0.4, 0.5) is 0 Å². The smallest absolute Gasteiger partial charge is 0.353 e. The summed E-state index contributed by atoms with van der Waals surface area (Å²) in [6.45, 7) is 1.06. The van der Waals surface area contributed by atoms with E-state index in [0.717, 1.165) is 24.2 Å². The Balaban J connectivity index is 1.73. The van der Waals surface area contributed by atoms with E-state index in [9.17, 15) is 13.2 Å². The lowest BCUT2D eigenvalue weighted by atomic mass is 10.3. The van der Waals surface area contributed by atoms with Crippen LogP contribution in [0.15, 0.2) is 40.6 Å². The Labute approximate surface area is 144 Å². The summed E-state index contributed by atoms with van der Waals surface area (Å²) in [6.07, 6.45) is 1.74. The fourth-order valence-corrected chi connectivity index (χ4v) is 5.09. The van der Waals surface area contributed by atoms with E-state index in [0.29, 0.717) is 24.6 Å². The Morgan fingerprint density at radius 1 is 1.12 bits per heavy atom. The molecule has 2 aromatic rings. The summed E-state index contributed by atoms with van der Waals surface area (Å²) in [5.41, 5.74) is 0. The fraction of sp³-hybridized carbons (Fsp3) is 0.312. The van der Waals surface area contributed by atoms with Gasteiger partial charge in [-0.25, -0.2) is 13.2 Å². The zero-order valence-corrected chi connectivity index (χ0v) is 14.7. The van der Waals surface area contributed by atoms with Crippen molar-refractivity contribution < 1.29 is 22.7 Å². The van der Waals surface area contributed by atoms with E-state index in [1.807, 2.05) is 0 Å². The molecule has 0 unspecified atom stereocenters. The number of ether oxygens (including phenoxy) is 2. The number of hydrogen-bond acceptors (Lipinski definition) is 6. The minimum Gasteiger partial charge on any atom is -0.497 e. The number of sulfonamides is 1. The Morgan fingerprint density at radius 2 is 1.75 bits per heavy atom. The van der Waals surface area contributed by atoms with E-state index in [4.69, 9.17) is 9.47 Å². The molecule has 0 atom stereocenters. The predicted molar refractivity (Wildman–Crippen MR) is 90.3 cm³/mol. The molecular weight excluding hydrogens is 350 g/mol. The molecule has 6 nitrogen and oxygen atoms in total. The van der Waals surface area contributed by atoms with Crippen molar-refractivity contribution in [1.29, 1.82) is 0 Å². The van der Waals surface area contributed by atoms with Gasteiger partial charge in [0.05, 0.1) is 12.0 Å². The lowest BCUT2D eigenvalue weighted by Crippen LogP contribution is -2.27.